The number of carbonyl (C=O) groups is 1. The Kier molecular flexibility index (Phi) is 5.10. The molecule has 1 aliphatic rings. The van der Waals surface area contributed by atoms with Crippen molar-refractivity contribution in [1.82, 2.24) is 24.6 Å². The first-order chi connectivity index (χ1) is 14.5. The molecular weight excluding hydrogens is 411 g/mol. The zero-order chi connectivity index (χ0) is 22.5. The lowest BCUT2D eigenvalue weighted by Crippen LogP contribution is -2.44. The summed E-state index contributed by atoms with van der Waals surface area (Å²) >= 11 is 0. The third-order valence-corrected chi connectivity index (χ3v) is 5.56. The summed E-state index contributed by atoms with van der Waals surface area (Å²) in [4.78, 5) is 22.7. The van der Waals surface area contributed by atoms with Gasteiger partial charge in [0, 0.05) is 24.6 Å². The minimum absolute atomic E-state index is 0.0132. The number of amides is 1. The first kappa shape index (κ1) is 21.1. The molecule has 1 amide bonds. The number of aromatic nitrogens is 4. The molecule has 1 N–H and O–H groups in total. The Morgan fingerprint density at radius 2 is 2.00 bits per heavy atom. The first-order valence-electron chi connectivity index (χ1n) is 9.97. The maximum absolute atomic E-state index is 13.0. The van der Waals surface area contributed by atoms with E-state index >= 15 is 0 Å². The maximum atomic E-state index is 13.0. The molecule has 1 unspecified atom stereocenters. The van der Waals surface area contributed by atoms with Gasteiger partial charge in [-0.3, -0.25) is 9.48 Å². The normalized spacial score (nSPS) is 17.7. The quantitative estimate of drug-likeness (QED) is 0.672. The van der Waals surface area contributed by atoms with Crippen molar-refractivity contribution in [2.24, 2.45) is 0 Å². The van der Waals surface area contributed by atoms with Gasteiger partial charge < -0.3 is 10.0 Å². The molecule has 0 radical (unpaired) electrons. The fraction of sp³-hybridized carbons (Fsp3) is 0.429. The van der Waals surface area contributed by atoms with Crippen molar-refractivity contribution >= 4 is 17.1 Å². The molecule has 1 atom stereocenters. The number of phenolic OH excluding ortho intramolecular Hbond substituents is 1. The minimum atomic E-state index is -4.56. The summed E-state index contributed by atoms with van der Waals surface area (Å²) in [5.41, 5.74) is 0.588. The van der Waals surface area contributed by atoms with E-state index in [0.29, 0.717) is 36.6 Å². The van der Waals surface area contributed by atoms with Crippen LogP contribution < -0.4 is 0 Å². The topological polar surface area (TPSA) is 84.1 Å². The lowest BCUT2D eigenvalue weighted by molar-refractivity contribution is -0.138. The fourth-order valence-electron chi connectivity index (χ4n) is 3.96. The van der Waals surface area contributed by atoms with E-state index in [1.165, 1.54) is 13.1 Å². The second kappa shape index (κ2) is 7.51. The number of halogens is 3. The van der Waals surface area contributed by atoms with Crippen molar-refractivity contribution in [2.75, 3.05) is 6.54 Å². The van der Waals surface area contributed by atoms with Gasteiger partial charge in [0.25, 0.3) is 0 Å². The van der Waals surface area contributed by atoms with Crippen LogP contribution in [0.25, 0.3) is 22.4 Å². The number of aromatic hydroxyl groups is 1. The van der Waals surface area contributed by atoms with Gasteiger partial charge in [0.15, 0.2) is 5.65 Å². The van der Waals surface area contributed by atoms with Gasteiger partial charge in [-0.25, -0.2) is 9.97 Å². The molecule has 10 heteroatoms. The van der Waals surface area contributed by atoms with Gasteiger partial charge in [-0.1, -0.05) is 0 Å². The van der Waals surface area contributed by atoms with Crippen LogP contribution in [0, 0.1) is 6.92 Å². The number of aryl methyl sites for hydroxylation is 1. The number of benzene rings is 1. The van der Waals surface area contributed by atoms with Gasteiger partial charge >= 0.3 is 6.18 Å². The van der Waals surface area contributed by atoms with Crippen LogP contribution in [0.15, 0.2) is 24.5 Å². The van der Waals surface area contributed by atoms with Crippen LogP contribution in [0.5, 0.6) is 5.75 Å². The largest absolute Gasteiger partial charge is 0.507 e. The van der Waals surface area contributed by atoms with Crippen molar-refractivity contribution in [3.63, 3.8) is 0 Å². The molecule has 2 aromatic heterocycles. The Labute approximate surface area is 176 Å². The number of likely N-dealkylation sites (tertiary alicyclic amines) is 1. The summed E-state index contributed by atoms with van der Waals surface area (Å²) in [7, 11) is 0. The van der Waals surface area contributed by atoms with E-state index in [0.717, 1.165) is 6.07 Å². The molecule has 31 heavy (non-hydrogen) atoms. The molecule has 3 heterocycles. The lowest BCUT2D eigenvalue weighted by atomic mass is 10.0. The second-order valence-corrected chi connectivity index (χ2v) is 8.09. The number of hydrogen-bond donors (Lipinski definition) is 1. The maximum Gasteiger partial charge on any atom is 0.416 e. The van der Waals surface area contributed by atoms with E-state index in [2.05, 4.69) is 15.1 Å². The molecule has 164 valence electrons. The molecule has 0 saturated carbocycles. The standard InChI is InChI=1S/C21H22F3N5O2/c1-11(2)28-9-14(4-5-18(28)31)29-10-16-20(27-29)26-15(8-25-16)19-12(3)6-13(7-17(19)30)21(22,23)24/h6-8,10-11,14,30H,4-5,9H2,1-3H3. The highest BCUT2D eigenvalue weighted by atomic mass is 19.4. The fourth-order valence-corrected chi connectivity index (χ4v) is 3.96. The SMILES string of the molecule is Cc1cc(C(F)(F)F)cc(O)c1-c1cnc2cn(C3CCC(=O)N(C(C)C)C3)nc2n1. The predicted molar refractivity (Wildman–Crippen MR) is 107 cm³/mol. The molecule has 3 aromatic rings. The Hall–Kier alpha value is -3.17. The van der Waals surface area contributed by atoms with Crippen LogP contribution in [-0.2, 0) is 11.0 Å². The Morgan fingerprint density at radius 3 is 2.65 bits per heavy atom. The molecule has 0 spiro atoms. The predicted octanol–water partition coefficient (Wildman–Crippen LogP) is 4.10. The van der Waals surface area contributed by atoms with Crippen LogP contribution >= 0.6 is 0 Å². The molecule has 1 aromatic carbocycles. The van der Waals surface area contributed by atoms with Crippen LogP contribution in [0.4, 0.5) is 13.2 Å². The zero-order valence-corrected chi connectivity index (χ0v) is 17.3. The number of nitrogens with zero attached hydrogens (tertiary/aromatic N) is 5. The van der Waals surface area contributed by atoms with Gasteiger partial charge in [-0.15, -0.1) is 0 Å². The number of rotatable bonds is 3. The molecule has 0 bridgehead atoms. The molecule has 4 rings (SSSR count). The lowest BCUT2D eigenvalue weighted by Gasteiger charge is -2.35. The van der Waals surface area contributed by atoms with Gasteiger partial charge in [-0.2, -0.15) is 18.3 Å². The third-order valence-electron chi connectivity index (χ3n) is 5.56. The molecule has 1 aliphatic heterocycles. The average molecular weight is 433 g/mol. The zero-order valence-electron chi connectivity index (χ0n) is 17.3. The summed E-state index contributed by atoms with van der Waals surface area (Å²) in [5, 5.41) is 14.7. The number of piperidine rings is 1. The van der Waals surface area contributed by atoms with Crippen molar-refractivity contribution < 1.29 is 23.1 Å². The average Bonchev–Trinajstić information content (AvgIpc) is 3.10. The summed E-state index contributed by atoms with van der Waals surface area (Å²) in [6.07, 6.45) is -0.301. The molecule has 1 fully saturated rings. The molecule has 1 saturated heterocycles. The molecule has 7 nitrogen and oxygen atoms in total. The number of alkyl halides is 3. The highest BCUT2D eigenvalue weighted by molar-refractivity contribution is 5.78. The number of carbonyl (C=O) groups excluding carboxylic acids is 1. The summed E-state index contributed by atoms with van der Waals surface area (Å²) in [6.45, 7) is 5.95. The summed E-state index contributed by atoms with van der Waals surface area (Å²) in [5.74, 6) is -0.395. The second-order valence-electron chi connectivity index (χ2n) is 8.09. The van der Waals surface area contributed by atoms with E-state index < -0.39 is 17.5 Å². The van der Waals surface area contributed by atoms with Crippen molar-refractivity contribution in [1.29, 1.82) is 0 Å². The Morgan fingerprint density at radius 1 is 1.26 bits per heavy atom. The van der Waals surface area contributed by atoms with Gasteiger partial charge in [0.1, 0.15) is 11.3 Å². The van der Waals surface area contributed by atoms with Gasteiger partial charge in [0.05, 0.1) is 29.7 Å². The molecule has 0 aliphatic carbocycles. The molecular formula is C21H22F3N5O2. The van der Waals surface area contributed by atoms with Crippen molar-refractivity contribution in [3.8, 4) is 17.0 Å². The summed E-state index contributed by atoms with van der Waals surface area (Å²) < 4.78 is 40.7. The number of fused-ring (bicyclic) bond motifs is 1. The highest BCUT2D eigenvalue weighted by Gasteiger charge is 2.32. The monoisotopic (exact) mass is 433 g/mol. The Balaban J connectivity index is 1.68. The van der Waals surface area contributed by atoms with E-state index in [1.54, 1.807) is 10.9 Å². The highest BCUT2D eigenvalue weighted by Crippen LogP contribution is 2.38. The van der Waals surface area contributed by atoms with Crippen LogP contribution in [-0.4, -0.2) is 48.2 Å². The smallest absolute Gasteiger partial charge is 0.416 e. The Bertz CT molecular complexity index is 1130. The van der Waals surface area contributed by atoms with E-state index in [4.69, 9.17) is 0 Å². The van der Waals surface area contributed by atoms with Gasteiger partial charge in [-0.05, 0) is 44.9 Å². The third kappa shape index (κ3) is 3.94. The summed E-state index contributed by atoms with van der Waals surface area (Å²) in [6, 6.07) is 1.74. The first-order valence-corrected chi connectivity index (χ1v) is 9.97. The van der Waals surface area contributed by atoms with Crippen LogP contribution in [0.1, 0.15) is 43.9 Å². The van der Waals surface area contributed by atoms with E-state index in [1.807, 2.05) is 18.7 Å². The number of phenols is 1. The number of hydrogen-bond acceptors (Lipinski definition) is 5. The van der Waals surface area contributed by atoms with Crippen molar-refractivity contribution in [2.45, 2.75) is 51.9 Å². The van der Waals surface area contributed by atoms with Crippen LogP contribution in [0.3, 0.4) is 0 Å². The van der Waals surface area contributed by atoms with Gasteiger partial charge in [0.2, 0.25) is 5.91 Å². The van der Waals surface area contributed by atoms with E-state index in [-0.39, 0.29) is 34.8 Å². The minimum Gasteiger partial charge on any atom is -0.507 e. The van der Waals surface area contributed by atoms with Crippen molar-refractivity contribution in [3.05, 3.63) is 35.7 Å². The van der Waals surface area contributed by atoms with E-state index in [9.17, 15) is 23.1 Å². The van der Waals surface area contributed by atoms with Crippen LogP contribution in [0.2, 0.25) is 0 Å².